The first kappa shape index (κ1) is 13.0. The van der Waals surface area contributed by atoms with Crippen molar-refractivity contribution in [2.75, 3.05) is 0 Å². The molecule has 1 unspecified atom stereocenters. The van der Waals surface area contributed by atoms with Gasteiger partial charge in [0.15, 0.2) is 0 Å². The lowest BCUT2D eigenvalue weighted by Crippen LogP contribution is -2.30. The molecule has 1 aromatic carbocycles. The van der Waals surface area contributed by atoms with E-state index in [1.807, 2.05) is 30.3 Å². The minimum absolute atomic E-state index is 0.185. The van der Waals surface area contributed by atoms with Crippen molar-refractivity contribution in [2.45, 2.75) is 19.4 Å². The Morgan fingerprint density at radius 2 is 2.06 bits per heavy atom. The first-order valence-corrected chi connectivity index (χ1v) is 6.30. The molecule has 3 nitrogen and oxygen atoms in total. The van der Waals surface area contributed by atoms with Gasteiger partial charge in [0.25, 0.3) is 0 Å². The number of halogens is 1. The van der Waals surface area contributed by atoms with Gasteiger partial charge in [-0.1, -0.05) is 42.8 Å². The highest BCUT2D eigenvalue weighted by atomic mass is 35.5. The van der Waals surface area contributed by atoms with Crippen LogP contribution in [0.2, 0.25) is 5.02 Å². The van der Waals surface area contributed by atoms with Crippen LogP contribution in [-0.2, 0) is 6.42 Å². The Bertz CT molecular complexity index is 528. The number of benzene rings is 1. The SMILES string of the molecule is CCc1cccnc1C(NN)c1ccccc1Cl. The Hall–Kier alpha value is -1.42. The average Bonchev–Trinajstić information content (AvgIpc) is 2.42. The van der Waals surface area contributed by atoms with Gasteiger partial charge in [-0.2, -0.15) is 0 Å². The summed E-state index contributed by atoms with van der Waals surface area (Å²) in [6, 6.07) is 11.5. The number of hydrogen-bond donors (Lipinski definition) is 2. The molecule has 4 heteroatoms. The van der Waals surface area contributed by atoms with E-state index in [-0.39, 0.29) is 6.04 Å². The van der Waals surface area contributed by atoms with E-state index in [1.54, 1.807) is 6.20 Å². The van der Waals surface area contributed by atoms with E-state index in [2.05, 4.69) is 23.4 Å². The van der Waals surface area contributed by atoms with Crippen molar-refractivity contribution >= 4 is 11.6 Å². The van der Waals surface area contributed by atoms with Crippen molar-refractivity contribution < 1.29 is 0 Å². The van der Waals surface area contributed by atoms with E-state index in [0.29, 0.717) is 5.02 Å². The summed E-state index contributed by atoms with van der Waals surface area (Å²) in [5.74, 6) is 5.68. The number of pyridine rings is 1. The number of hydrogen-bond acceptors (Lipinski definition) is 3. The second-order valence-corrected chi connectivity index (χ2v) is 4.43. The predicted octanol–water partition coefficient (Wildman–Crippen LogP) is 2.85. The number of nitrogens with two attached hydrogens (primary N) is 1. The molecule has 0 saturated carbocycles. The van der Waals surface area contributed by atoms with E-state index in [4.69, 9.17) is 17.4 Å². The van der Waals surface area contributed by atoms with E-state index >= 15 is 0 Å². The molecule has 0 spiro atoms. The van der Waals surface area contributed by atoms with Crippen LogP contribution in [0, 0.1) is 0 Å². The van der Waals surface area contributed by atoms with Crippen LogP contribution in [0.1, 0.15) is 29.8 Å². The van der Waals surface area contributed by atoms with Crippen LogP contribution in [-0.4, -0.2) is 4.98 Å². The van der Waals surface area contributed by atoms with E-state index in [9.17, 15) is 0 Å². The molecule has 1 aromatic heterocycles. The largest absolute Gasteiger partial charge is 0.271 e. The van der Waals surface area contributed by atoms with Crippen molar-refractivity contribution in [3.63, 3.8) is 0 Å². The molecule has 1 heterocycles. The van der Waals surface area contributed by atoms with Gasteiger partial charge in [0.2, 0.25) is 0 Å². The fourth-order valence-electron chi connectivity index (χ4n) is 2.03. The lowest BCUT2D eigenvalue weighted by atomic mass is 9.99. The third-order valence-electron chi connectivity index (χ3n) is 2.96. The predicted molar refractivity (Wildman–Crippen MR) is 74.2 cm³/mol. The van der Waals surface area contributed by atoms with Crippen molar-refractivity contribution in [1.29, 1.82) is 0 Å². The fraction of sp³-hybridized carbons (Fsp3) is 0.214. The Labute approximate surface area is 112 Å². The lowest BCUT2D eigenvalue weighted by molar-refractivity contribution is 0.614. The normalized spacial score (nSPS) is 12.4. The molecular weight excluding hydrogens is 246 g/mol. The van der Waals surface area contributed by atoms with E-state index in [1.165, 1.54) is 5.56 Å². The second kappa shape index (κ2) is 5.96. The third kappa shape index (κ3) is 2.53. The first-order chi connectivity index (χ1) is 8.77. The Morgan fingerprint density at radius 1 is 1.28 bits per heavy atom. The monoisotopic (exact) mass is 261 g/mol. The summed E-state index contributed by atoms with van der Waals surface area (Å²) in [6.45, 7) is 2.10. The van der Waals surface area contributed by atoms with Gasteiger partial charge >= 0.3 is 0 Å². The molecule has 0 saturated heterocycles. The zero-order valence-corrected chi connectivity index (χ0v) is 11.0. The summed E-state index contributed by atoms with van der Waals surface area (Å²) in [5, 5.41) is 0.688. The van der Waals surface area contributed by atoms with Gasteiger partial charge in [-0.15, -0.1) is 0 Å². The topological polar surface area (TPSA) is 50.9 Å². The van der Waals surface area contributed by atoms with Crippen LogP contribution >= 0.6 is 11.6 Å². The van der Waals surface area contributed by atoms with Gasteiger partial charge < -0.3 is 0 Å². The molecule has 0 aliphatic heterocycles. The van der Waals surface area contributed by atoms with E-state index < -0.39 is 0 Å². The van der Waals surface area contributed by atoms with Gasteiger partial charge in [0.1, 0.15) is 0 Å². The molecule has 0 radical (unpaired) electrons. The molecule has 0 aliphatic carbocycles. The van der Waals surface area contributed by atoms with Crippen LogP contribution in [0.15, 0.2) is 42.6 Å². The van der Waals surface area contributed by atoms with Crippen LogP contribution in [0.5, 0.6) is 0 Å². The molecule has 18 heavy (non-hydrogen) atoms. The molecule has 94 valence electrons. The summed E-state index contributed by atoms with van der Waals surface area (Å²) in [7, 11) is 0. The maximum atomic E-state index is 6.22. The lowest BCUT2D eigenvalue weighted by Gasteiger charge is -2.19. The summed E-state index contributed by atoms with van der Waals surface area (Å²) in [5.41, 5.74) is 5.84. The average molecular weight is 262 g/mol. The van der Waals surface area contributed by atoms with Crippen LogP contribution in [0.25, 0.3) is 0 Å². The molecule has 2 aromatic rings. The maximum Gasteiger partial charge on any atom is 0.0898 e. The highest BCUT2D eigenvalue weighted by molar-refractivity contribution is 6.31. The molecular formula is C14H16ClN3. The summed E-state index contributed by atoms with van der Waals surface area (Å²) in [4.78, 5) is 4.44. The molecule has 2 rings (SSSR count). The molecule has 0 bridgehead atoms. The molecule has 0 aliphatic rings. The van der Waals surface area contributed by atoms with Gasteiger partial charge in [0.05, 0.1) is 11.7 Å². The Balaban J connectivity index is 2.49. The van der Waals surface area contributed by atoms with Crippen molar-refractivity contribution in [3.05, 3.63) is 64.4 Å². The van der Waals surface area contributed by atoms with Gasteiger partial charge in [0, 0.05) is 11.2 Å². The van der Waals surface area contributed by atoms with Crippen molar-refractivity contribution in [3.8, 4) is 0 Å². The molecule has 0 fully saturated rings. The number of hydrazine groups is 1. The molecule has 0 amide bonds. The van der Waals surface area contributed by atoms with Crippen molar-refractivity contribution in [1.82, 2.24) is 10.4 Å². The molecule has 1 atom stereocenters. The third-order valence-corrected chi connectivity index (χ3v) is 3.31. The van der Waals surface area contributed by atoms with Crippen molar-refractivity contribution in [2.24, 2.45) is 5.84 Å². The first-order valence-electron chi connectivity index (χ1n) is 5.92. The highest BCUT2D eigenvalue weighted by Gasteiger charge is 2.18. The smallest absolute Gasteiger partial charge is 0.0898 e. The summed E-state index contributed by atoms with van der Waals surface area (Å²) < 4.78 is 0. The minimum atomic E-state index is -0.185. The standard InChI is InChI=1S/C14H16ClN3/c1-2-10-6-5-9-17-13(10)14(18-16)11-7-3-4-8-12(11)15/h3-9,14,18H,2,16H2,1H3. The summed E-state index contributed by atoms with van der Waals surface area (Å²) >= 11 is 6.22. The summed E-state index contributed by atoms with van der Waals surface area (Å²) in [6.07, 6.45) is 2.68. The minimum Gasteiger partial charge on any atom is -0.271 e. The fourth-order valence-corrected chi connectivity index (χ4v) is 2.28. The number of nitrogens with one attached hydrogen (secondary N) is 1. The Kier molecular flexibility index (Phi) is 4.31. The number of nitrogens with zero attached hydrogens (tertiary/aromatic N) is 1. The maximum absolute atomic E-state index is 6.22. The number of aryl methyl sites for hydroxylation is 1. The van der Waals surface area contributed by atoms with Crippen LogP contribution in [0.4, 0.5) is 0 Å². The highest BCUT2D eigenvalue weighted by Crippen LogP contribution is 2.28. The zero-order chi connectivity index (χ0) is 13.0. The quantitative estimate of drug-likeness (QED) is 0.657. The number of aromatic nitrogens is 1. The van der Waals surface area contributed by atoms with Crippen LogP contribution in [0.3, 0.4) is 0 Å². The van der Waals surface area contributed by atoms with E-state index in [0.717, 1.165) is 17.7 Å². The second-order valence-electron chi connectivity index (χ2n) is 4.02. The van der Waals surface area contributed by atoms with Gasteiger partial charge in [-0.05, 0) is 29.7 Å². The number of rotatable bonds is 4. The Morgan fingerprint density at radius 3 is 2.72 bits per heavy atom. The molecule has 3 N–H and O–H groups in total. The van der Waals surface area contributed by atoms with Gasteiger partial charge in [-0.25, -0.2) is 5.43 Å². The van der Waals surface area contributed by atoms with Crippen LogP contribution < -0.4 is 11.3 Å². The zero-order valence-electron chi connectivity index (χ0n) is 10.2. The van der Waals surface area contributed by atoms with Gasteiger partial charge in [-0.3, -0.25) is 10.8 Å².